The van der Waals surface area contributed by atoms with Gasteiger partial charge in [0.1, 0.15) is 5.75 Å². The molecule has 4 nitrogen and oxygen atoms in total. The summed E-state index contributed by atoms with van der Waals surface area (Å²) in [7, 11) is 1.66. The predicted octanol–water partition coefficient (Wildman–Crippen LogP) is 3.74. The molecule has 0 aliphatic carbocycles. The number of hydrogen-bond donors (Lipinski definition) is 0. The molecule has 0 atom stereocenters. The van der Waals surface area contributed by atoms with Crippen LogP contribution in [0.2, 0.25) is 10.3 Å². The second-order valence-corrected chi connectivity index (χ2v) is 5.70. The van der Waals surface area contributed by atoms with Crippen LogP contribution in [0.5, 0.6) is 5.75 Å². The van der Waals surface area contributed by atoms with Crippen molar-refractivity contribution in [1.82, 2.24) is 10.2 Å². The molecule has 0 amide bonds. The van der Waals surface area contributed by atoms with Crippen LogP contribution in [-0.2, 0) is 13.0 Å². The van der Waals surface area contributed by atoms with E-state index in [9.17, 15) is 0 Å². The van der Waals surface area contributed by atoms with Gasteiger partial charge in [-0.1, -0.05) is 35.3 Å². The van der Waals surface area contributed by atoms with Gasteiger partial charge in [-0.2, -0.15) is 0 Å². The van der Waals surface area contributed by atoms with Crippen molar-refractivity contribution in [2.45, 2.75) is 19.4 Å². The van der Waals surface area contributed by atoms with Crippen LogP contribution in [0.4, 0.5) is 5.69 Å². The van der Waals surface area contributed by atoms with Crippen molar-refractivity contribution in [3.8, 4) is 5.75 Å². The molecule has 1 aliphatic rings. The van der Waals surface area contributed by atoms with Crippen molar-refractivity contribution in [2.24, 2.45) is 0 Å². The Labute approximate surface area is 133 Å². The maximum absolute atomic E-state index is 6.23. The lowest BCUT2D eigenvalue weighted by Crippen LogP contribution is -2.30. The summed E-state index contributed by atoms with van der Waals surface area (Å²) in [6.45, 7) is 1.69. The Kier molecular flexibility index (Phi) is 4.17. The molecule has 1 aliphatic heterocycles. The normalized spacial score (nSPS) is 14.0. The van der Waals surface area contributed by atoms with Crippen molar-refractivity contribution in [1.29, 1.82) is 0 Å². The third-order valence-corrected chi connectivity index (χ3v) is 4.22. The zero-order chi connectivity index (χ0) is 14.8. The summed E-state index contributed by atoms with van der Waals surface area (Å²) >= 11 is 12.4. The number of hydrogen-bond acceptors (Lipinski definition) is 4. The average Bonchev–Trinajstić information content (AvgIpc) is 2.52. The largest absolute Gasteiger partial charge is 0.497 e. The topological polar surface area (TPSA) is 38.2 Å². The molecular formula is C15H15Cl2N3O. The third kappa shape index (κ3) is 2.92. The fraction of sp³-hybridized carbons (Fsp3) is 0.333. The standard InChI is InChI=1S/C15H15Cl2N3O/c1-21-11-6-4-10(5-7-11)9-20-8-2-3-12-13(20)15(17)19-18-14(12)16/h4-7H,2-3,8-9H2,1H3. The number of rotatable bonds is 3. The zero-order valence-corrected chi connectivity index (χ0v) is 13.2. The van der Waals surface area contributed by atoms with Gasteiger partial charge in [0.25, 0.3) is 0 Å². The van der Waals surface area contributed by atoms with Crippen LogP contribution in [-0.4, -0.2) is 23.9 Å². The number of nitrogens with zero attached hydrogens (tertiary/aromatic N) is 3. The lowest BCUT2D eigenvalue weighted by Gasteiger charge is -2.31. The number of aromatic nitrogens is 2. The van der Waals surface area contributed by atoms with Crippen molar-refractivity contribution >= 4 is 28.9 Å². The number of fused-ring (bicyclic) bond motifs is 1. The van der Waals surface area contributed by atoms with E-state index < -0.39 is 0 Å². The summed E-state index contributed by atoms with van der Waals surface area (Å²) in [4.78, 5) is 2.21. The number of anilines is 1. The van der Waals surface area contributed by atoms with E-state index in [-0.39, 0.29) is 0 Å². The Morgan fingerprint density at radius 1 is 1.14 bits per heavy atom. The van der Waals surface area contributed by atoms with Crippen molar-refractivity contribution < 1.29 is 4.74 Å². The van der Waals surface area contributed by atoms with E-state index in [4.69, 9.17) is 27.9 Å². The van der Waals surface area contributed by atoms with Crippen molar-refractivity contribution in [2.75, 3.05) is 18.6 Å². The molecule has 3 rings (SSSR count). The fourth-order valence-electron chi connectivity index (χ4n) is 2.63. The second-order valence-electron chi connectivity index (χ2n) is 4.98. The van der Waals surface area contributed by atoms with Gasteiger partial charge in [0.15, 0.2) is 10.3 Å². The van der Waals surface area contributed by atoms with Crippen LogP contribution in [0.3, 0.4) is 0 Å². The van der Waals surface area contributed by atoms with Gasteiger partial charge in [0.05, 0.1) is 12.8 Å². The summed E-state index contributed by atoms with van der Waals surface area (Å²) in [5.41, 5.74) is 3.10. The molecule has 2 heterocycles. The van der Waals surface area contributed by atoms with Crippen molar-refractivity contribution in [3.63, 3.8) is 0 Å². The first kappa shape index (κ1) is 14.4. The highest BCUT2D eigenvalue weighted by Gasteiger charge is 2.24. The molecule has 1 aromatic heterocycles. The lowest BCUT2D eigenvalue weighted by molar-refractivity contribution is 0.414. The SMILES string of the molecule is COc1ccc(CN2CCCc3c(Cl)nnc(Cl)c32)cc1. The Hall–Kier alpha value is -1.52. The average molecular weight is 324 g/mol. The third-order valence-electron chi connectivity index (χ3n) is 3.66. The molecule has 0 bridgehead atoms. The van der Waals surface area contributed by atoms with Crippen molar-refractivity contribution in [3.05, 3.63) is 45.7 Å². The smallest absolute Gasteiger partial charge is 0.175 e. The van der Waals surface area contributed by atoms with E-state index >= 15 is 0 Å². The molecule has 0 N–H and O–H groups in total. The van der Waals surface area contributed by atoms with Crippen LogP contribution in [0.15, 0.2) is 24.3 Å². The minimum atomic E-state index is 0.419. The molecule has 21 heavy (non-hydrogen) atoms. The highest BCUT2D eigenvalue weighted by atomic mass is 35.5. The first-order chi connectivity index (χ1) is 10.2. The molecule has 2 aromatic rings. The number of methoxy groups -OCH3 is 1. The lowest BCUT2D eigenvalue weighted by atomic mass is 10.0. The molecule has 0 unspecified atom stereocenters. The van der Waals surface area contributed by atoms with Gasteiger partial charge in [0, 0.05) is 18.7 Å². The summed E-state index contributed by atoms with van der Waals surface area (Å²) < 4.78 is 5.18. The number of halogens is 2. The van der Waals surface area contributed by atoms with E-state index in [1.165, 1.54) is 5.56 Å². The summed E-state index contributed by atoms with van der Waals surface area (Å²) in [5, 5.41) is 8.70. The number of ether oxygens (including phenoxy) is 1. The molecule has 0 fully saturated rings. The van der Waals surface area contributed by atoms with Gasteiger partial charge >= 0.3 is 0 Å². The molecule has 6 heteroatoms. The van der Waals surface area contributed by atoms with Crippen LogP contribution in [0.1, 0.15) is 17.5 Å². The minimum absolute atomic E-state index is 0.419. The zero-order valence-electron chi connectivity index (χ0n) is 11.6. The van der Waals surface area contributed by atoms with Crippen LogP contribution >= 0.6 is 23.2 Å². The maximum Gasteiger partial charge on any atom is 0.175 e. The fourth-order valence-corrected chi connectivity index (χ4v) is 3.12. The molecule has 0 saturated carbocycles. The Bertz CT molecular complexity index is 646. The summed E-state index contributed by atoms with van der Waals surface area (Å²) in [6.07, 6.45) is 1.92. The summed E-state index contributed by atoms with van der Waals surface area (Å²) in [6, 6.07) is 8.02. The van der Waals surface area contributed by atoms with Gasteiger partial charge in [-0.15, -0.1) is 10.2 Å². The first-order valence-electron chi connectivity index (χ1n) is 6.77. The molecule has 0 saturated heterocycles. The Morgan fingerprint density at radius 3 is 2.57 bits per heavy atom. The number of benzene rings is 1. The van der Waals surface area contributed by atoms with E-state index in [1.54, 1.807) is 7.11 Å². The minimum Gasteiger partial charge on any atom is -0.497 e. The Balaban J connectivity index is 1.89. The molecule has 1 aromatic carbocycles. The van der Waals surface area contributed by atoms with Gasteiger partial charge in [0.2, 0.25) is 0 Å². The highest BCUT2D eigenvalue weighted by Crippen LogP contribution is 2.36. The van der Waals surface area contributed by atoms with Gasteiger partial charge in [-0.25, -0.2) is 0 Å². The highest BCUT2D eigenvalue weighted by molar-refractivity contribution is 6.34. The molecule has 110 valence electrons. The van der Waals surface area contributed by atoms with Gasteiger partial charge < -0.3 is 9.64 Å². The molecule has 0 spiro atoms. The van der Waals surface area contributed by atoms with E-state index in [2.05, 4.69) is 27.2 Å². The van der Waals surface area contributed by atoms with E-state index in [0.717, 1.165) is 42.9 Å². The second kappa shape index (κ2) is 6.08. The van der Waals surface area contributed by atoms with Gasteiger partial charge in [-0.3, -0.25) is 0 Å². The van der Waals surface area contributed by atoms with Crippen LogP contribution in [0.25, 0.3) is 0 Å². The van der Waals surface area contributed by atoms with Crippen LogP contribution in [0, 0.1) is 0 Å². The monoisotopic (exact) mass is 323 g/mol. The summed E-state index contributed by atoms with van der Waals surface area (Å²) in [5.74, 6) is 0.852. The van der Waals surface area contributed by atoms with Crippen LogP contribution < -0.4 is 9.64 Å². The van der Waals surface area contributed by atoms with Gasteiger partial charge in [-0.05, 0) is 30.5 Å². The van der Waals surface area contributed by atoms with E-state index in [1.807, 2.05) is 12.1 Å². The maximum atomic E-state index is 6.23. The molecule has 0 radical (unpaired) electrons. The quantitative estimate of drug-likeness (QED) is 0.862. The van der Waals surface area contributed by atoms with E-state index in [0.29, 0.717) is 10.3 Å². The molecular weight excluding hydrogens is 309 g/mol. The Morgan fingerprint density at radius 2 is 1.86 bits per heavy atom. The predicted molar refractivity (Wildman–Crippen MR) is 84.4 cm³/mol. The first-order valence-corrected chi connectivity index (χ1v) is 7.53.